The number of esters is 2. The molecule has 1 aromatic rings. The highest BCUT2D eigenvalue weighted by molar-refractivity contribution is 6.03. The molecule has 0 heterocycles. The Morgan fingerprint density at radius 3 is 1.58 bits per heavy atom. The minimum absolute atomic E-state index is 0.138. The summed E-state index contributed by atoms with van der Waals surface area (Å²) < 4.78 is 10.3. The number of allylic oxidation sites excluding steroid dienone is 6. The van der Waals surface area contributed by atoms with Crippen molar-refractivity contribution in [1.82, 2.24) is 0 Å². The Balaban J connectivity index is 2.69. The van der Waals surface area contributed by atoms with Crippen LogP contribution in [0.5, 0.6) is 0 Å². The second kappa shape index (κ2) is 11.7. The van der Waals surface area contributed by atoms with Gasteiger partial charge in [-0.2, -0.15) is 0 Å². The lowest BCUT2D eigenvalue weighted by molar-refractivity contribution is 0.0503. The number of ether oxygens (including phenoxy) is 2. The molecule has 0 saturated heterocycles. The van der Waals surface area contributed by atoms with Gasteiger partial charge in [0.1, 0.15) is 13.2 Å². The molecule has 0 amide bonds. The van der Waals surface area contributed by atoms with Crippen molar-refractivity contribution in [2.45, 2.75) is 13.8 Å². The molecule has 24 heavy (non-hydrogen) atoms. The second-order valence-corrected chi connectivity index (χ2v) is 4.65. The van der Waals surface area contributed by atoms with Crippen molar-refractivity contribution in [3.05, 3.63) is 84.0 Å². The molecule has 0 saturated carbocycles. The zero-order valence-corrected chi connectivity index (χ0v) is 14.0. The molecule has 1 aromatic carbocycles. The zero-order chi connectivity index (χ0) is 17.6. The molecule has 4 heteroatoms. The van der Waals surface area contributed by atoms with E-state index in [2.05, 4.69) is 0 Å². The van der Waals surface area contributed by atoms with Gasteiger partial charge in [0.05, 0.1) is 11.1 Å². The molecule has 0 N–H and O–H groups in total. The minimum Gasteiger partial charge on any atom is -0.458 e. The molecule has 0 aliphatic rings. The number of hydrogen-bond acceptors (Lipinski definition) is 4. The first-order valence-electron chi connectivity index (χ1n) is 7.69. The van der Waals surface area contributed by atoms with E-state index in [1.54, 1.807) is 48.6 Å². The second-order valence-electron chi connectivity index (χ2n) is 4.65. The van der Waals surface area contributed by atoms with E-state index < -0.39 is 11.9 Å². The van der Waals surface area contributed by atoms with Gasteiger partial charge in [-0.15, -0.1) is 0 Å². The fourth-order valence-electron chi connectivity index (χ4n) is 1.73. The van der Waals surface area contributed by atoms with Crippen LogP contribution in [-0.2, 0) is 9.47 Å². The highest BCUT2D eigenvalue weighted by Crippen LogP contribution is 2.12. The number of carbonyl (C=O) groups excluding carboxylic acids is 2. The van der Waals surface area contributed by atoms with Crippen LogP contribution in [0.4, 0.5) is 0 Å². The fraction of sp³-hybridized carbons (Fsp3) is 0.200. The third-order valence-electron chi connectivity index (χ3n) is 2.87. The molecule has 0 aromatic heterocycles. The number of benzene rings is 1. The van der Waals surface area contributed by atoms with E-state index in [0.717, 1.165) is 0 Å². The summed E-state index contributed by atoms with van der Waals surface area (Å²) in [5.74, 6) is -1.12. The molecule has 0 atom stereocenters. The molecule has 0 fully saturated rings. The summed E-state index contributed by atoms with van der Waals surface area (Å²) in [4.78, 5) is 24.2. The Labute approximate surface area is 142 Å². The molecule has 1 rings (SSSR count). The predicted octanol–water partition coefficient (Wildman–Crippen LogP) is 4.26. The van der Waals surface area contributed by atoms with Crippen molar-refractivity contribution >= 4 is 11.9 Å². The standard InChI is InChI=1S/C20H22O4/c1-3-5-7-11-15-23-19(21)17-13-9-10-14-18(17)20(22)24-16-12-8-6-4-2/h3-14H,15-16H2,1-2H3/b5-3?,6-4?,11-7-,12-8?. The fourth-order valence-corrected chi connectivity index (χ4v) is 1.73. The van der Waals surface area contributed by atoms with Crippen LogP contribution in [0, 0.1) is 0 Å². The number of rotatable bonds is 8. The molecule has 0 radical (unpaired) electrons. The quantitative estimate of drug-likeness (QED) is 0.529. The lowest BCUT2D eigenvalue weighted by Crippen LogP contribution is -2.14. The van der Waals surface area contributed by atoms with Crippen LogP contribution in [0.15, 0.2) is 72.9 Å². The lowest BCUT2D eigenvalue weighted by Gasteiger charge is -2.08. The summed E-state index contributed by atoms with van der Waals surface area (Å²) in [7, 11) is 0. The molecule has 0 bridgehead atoms. The smallest absolute Gasteiger partial charge is 0.339 e. The molecule has 0 aliphatic carbocycles. The maximum atomic E-state index is 12.1. The Morgan fingerprint density at radius 2 is 1.21 bits per heavy atom. The van der Waals surface area contributed by atoms with Crippen molar-refractivity contribution in [3.8, 4) is 0 Å². The van der Waals surface area contributed by atoms with Gasteiger partial charge >= 0.3 is 11.9 Å². The average molecular weight is 326 g/mol. The van der Waals surface area contributed by atoms with E-state index in [-0.39, 0.29) is 24.3 Å². The van der Waals surface area contributed by atoms with Crippen LogP contribution < -0.4 is 0 Å². The SMILES string of the molecule is CC=CC=CCOC(=O)c1ccccc1C(=O)OC/C=C\C=CC. The molecule has 4 nitrogen and oxygen atoms in total. The first-order chi connectivity index (χ1) is 11.7. The Hall–Kier alpha value is -2.88. The maximum absolute atomic E-state index is 12.1. The zero-order valence-electron chi connectivity index (χ0n) is 14.0. The Bertz CT molecular complexity index is 594. The summed E-state index contributed by atoms with van der Waals surface area (Å²) in [5, 5.41) is 0. The molecule has 126 valence electrons. The van der Waals surface area contributed by atoms with Crippen LogP contribution in [0.2, 0.25) is 0 Å². The van der Waals surface area contributed by atoms with Gasteiger partial charge in [-0.3, -0.25) is 0 Å². The monoisotopic (exact) mass is 326 g/mol. The summed E-state index contributed by atoms with van der Waals surface area (Å²) in [6.07, 6.45) is 14.4. The maximum Gasteiger partial charge on any atom is 0.339 e. The van der Waals surface area contributed by atoms with E-state index in [4.69, 9.17) is 9.47 Å². The molecular weight excluding hydrogens is 304 g/mol. The van der Waals surface area contributed by atoms with Crippen LogP contribution >= 0.6 is 0 Å². The van der Waals surface area contributed by atoms with E-state index in [9.17, 15) is 9.59 Å². The van der Waals surface area contributed by atoms with E-state index in [1.165, 1.54) is 0 Å². The predicted molar refractivity (Wildman–Crippen MR) is 94.9 cm³/mol. The van der Waals surface area contributed by atoms with Gasteiger partial charge in [0, 0.05) is 0 Å². The first kappa shape index (κ1) is 19.2. The largest absolute Gasteiger partial charge is 0.458 e. The van der Waals surface area contributed by atoms with Gasteiger partial charge in [0.2, 0.25) is 0 Å². The van der Waals surface area contributed by atoms with Crippen molar-refractivity contribution in [2.24, 2.45) is 0 Å². The van der Waals surface area contributed by atoms with E-state index in [0.29, 0.717) is 0 Å². The van der Waals surface area contributed by atoms with Crippen LogP contribution in [-0.4, -0.2) is 25.2 Å². The summed E-state index contributed by atoms with van der Waals surface area (Å²) in [5.41, 5.74) is 0.388. The Kier molecular flexibility index (Phi) is 9.31. The van der Waals surface area contributed by atoms with Gasteiger partial charge in [-0.05, 0) is 38.1 Å². The molecule has 0 aliphatic heterocycles. The third-order valence-corrected chi connectivity index (χ3v) is 2.87. The van der Waals surface area contributed by atoms with Gasteiger partial charge in [0.15, 0.2) is 0 Å². The van der Waals surface area contributed by atoms with Gasteiger partial charge < -0.3 is 9.47 Å². The van der Waals surface area contributed by atoms with E-state index in [1.807, 2.05) is 38.2 Å². The summed E-state index contributed by atoms with van der Waals surface area (Å²) >= 11 is 0. The van der Waals surface area contributed by atoms with Crippen LogP contribution in [0.1, 0.15) is 34.6 Å². The summed E-state index contributed by atoms with van der Waals surface area (Å²) in [6, 6.07) is 6.44. The van der Waals surface area contributed by atoms with Crippen molar-refractivity contribution < 1.29 is 19.1 Å². The normalized spacial score (nSPS) is 11.8. The van der Waals surface area contributed by atoms with Crippen LogP contribution in [0.3, 0.4) is 0 Å². The Morgan fingerprint density at radius 1 is 0.792 bits per heavy atom. The van der Waals surface area contributed by atoms with Crippen LogP contribution in [0.25, 0.3) is 0 Å². The van der Waals surface area contributed by atoms with Crippen molar-refractivity contribution in [1.29, 1.82) is 0 Å². The van der Waals surface area contributed by atoms with E-state index >= 15 is 0 Å². The number of carbonyl (C=O) groups is 2. The van der Waals surface area contributed by atoms with Gasteiger partial charge in [-0.1, -0.05) is 48.6 Å². The lowest BCUT2D eigenvalue weighted by atomic mass is 10.1. The third kappa shape index (κ3) is 6.92. The van der Waals surface area contributed by atoms with Gasteiger partial charge in [-0.25, -0.2) is 9.59 Å². The number of hydrogen-bond donors (Lipinski definition) is 0. The van der Waals surface area contributed by atoms with Crippen molar-refractivity contribution in [3.63, 3.8) is 0 Å². The molecule has 0 spiro atoms. The first-order valence-corrected chi connectivity index (χ1v) is 7.69. The molecule has 0 unspecified atom stereocenters. The highest BCUT2D eigenvalue weighted by atomic mass is 16.5. The average Bonchev–Trinajstić information content (AvgIpc) is 2.61. The summed E-state index contributed by atoms with van der Waals surface area (Å²) in [6.45, 7) is 4.06. The van der Waals surface area contributed by atoms with Gasteiger partial charge in [0.25, 0.3) is 0 Å². The van der Waals surface area contributed by atoms with Crippen molar-refractivity contribution in [2.75, 3.05) is 13.2 Å². The highest BCUT2D eigenvalue weighted by Gasteiger charge is 2.18. The topological polar surface area (TPSA) is 52.6 Å². The minimum atomic E-state index is -0.558. The molecular formula is C20H22O4.